The fourth-order valence-corrected chi connectivity index (χ4v) is 5.65. The van der Waals surface area contributed by atoms with Gasteiger partial charge in [-0.15, -0.1) is 13.2 Å². The van der Waals surface area contributed by atoms with Gasteiger partial charge < -0.3 is 35.3 Å². The van der Waals surface area contributed by atoms with Crippen LogP contribution in [0.2, 0.25) is 0 Å². The number of carbonyl (C=O) groups excluding carboxylic acids is 4. The van der Waals surface area contributed by atoms with Gasteiger partial charge >= 0.3 is 12.1 Å². The van der Waals surface area contributed by atoms with Crippen LogP contribution in [0, 0.1) is 5.92 Å². The summed E-state index contributed by atoms with van der Waals surface area (Å²) in [5, 5.41) is 18.3. The molecule has 4 N–H and O–H groups in total. The SMILES string of the molecule is C=CC[C@H](CC(=O)N[C@H](CO)Cc1ccc(OCc2ccccc2)cc1)C(=O)NC[C@@H](OC(=O)[C@@H](CC=C)NC(=O)OCc1ccccc1)c1ccccc1. The Kier molecular flexibility index (Phi) is 17.2. The number of rotatable bonds is 22. The van der Waals surface area contributed by atoms with Crippen LogP contribution in [0.5, 0.6) is 5.75 Å². The van der Waals surface area contributed by atoms with E-state index in [1.165, 1.54) is 6.08 Å². The second-order valence-electron chi connectivity index (χ2n) is 12.9. The van der Waals surface area contributed by atoms with Crippen LogP contribution in [-0.4, -0.2) is 54.2 Å². The Bertz CT molecular complexity index is 1800. The van der Waals surface area contributed by atoms with Crippen molar-refractivity contribution in [1.82, 2.24) is 16.0 Å². The lowest BCUT2D eigenvalue weighted by Gasteiger charge is -2.24. The molecule has 0 spiro atoms. The lowest BCUT2D eigenvalue weighted by molar-refractivity contribution is -0.152. The lowest BCUT2D eigenvalue weighted by atomic mass is 9.98. The van der Waals surface area contributed by atoms with E-state index in [4.69, 9.17) is 14.2 Å². The molecule has 0 aliphatic rings. The first-order valence-corrected chi connectivity index (χ1v) is 18.2. The van der Waals surface area contributed by atoms with Crippen LogP contribution in [0.15, 0.2) is 141 Å². The molecule has 4 aromatic carbocycles. The average molecular weight is 748 g/mol. The summed E-state index contributed by atoms with van der Waals surface area (Å²) >= 11 is 0. The monoisotopic (exact) mass is 747 g/mol. The van der Waals surface area contributed by atoms with E-state index in [-0.39, 0.29) is 39.0 Å². The van der Waals surface area contributed by atoms with Crippen molar-refractivity contribution in [3.63, 3.8) is 0 Å². The van der Waals surface area contributed by atoms with Crippen LogP contribution < -0.4 is 20.7 Å². The molecule has 0 bridgehead atoms. The highest BCUT2D eigenvalue weighted by molar-refractivity contribution is 5.86. The summed E-state index contributed by atoms with van der Waals surface area (Å²) < 4.78 is 17.0. The smallest absolute Gasteiger partial charge is 0.408 e. The number of ether oxygens (including phenoxy) is 3. The number of aliphatic hydroxyl groups excluding tert-OH is 1. The Morgan fingerprint density at radius 1 is 0.709 bits per heavy atom. The van der Waals surface area contributed by atoms with Crippen molar-refractivity contribution in [2.24, 2.45) is 5.92 Å². The van der Waals surface area contributed by atoms with Gasteiger partial charge in [0.2, 0.25) is 11.8 Å². The number of aliphatic hydroxyl groups is 1. The summed E-state index contributed by atoms with van der Waals surface area (Å²) in [5.41, 5.74) is 3.34. The zero-order valence-corrected chi connectivity index (χ0v) is 30.8. The Morgan fingerprint density at radius 2 is 1.31 bits per heavy atom. The van der Waals surface area contributed by atoms with E-state index >= 15 is 0 Å². The quantitative estimate of drug-likeness (QED) is 0.0553. The van der Waals surface area contributed by atoms with Crippen LogP contribution in [0.4, 0.5) is 4.79 Å². The lowest BCUT2D eigenvalue weighted by Crippen LogP contribution is -2.44. The van der Waals surface area contributed by atoms with E-state index in [1.54, 1.807) is 36.4 Å². The standard InChI is InChI=1S/C44H49N3O8/c1-3-14-36(27-41(49)46-37(29-48)26-32-22-24-38(25-23-32)53-30-33-16-8-5-9-17-33)42(50)45-28-40(35-20-12-7-13-21-35)55-43(51)39(15-4-2)47-44(52)54-31-34-18-10-6-11-19-34/h3-13,16-25,36-37,39-40,48H,1-2,14-15,26-31H2,(H,45,50)(H,46,49)(H,47,52)/t36-,37+,39-,40-/m1/s1. The number of amides is 3. The van der Waals surface area contributed by atoms with E-state index in [1.807, 2.05) is 84.9 Å². The first-order chi connectivity index (χ1) is 26.8. The molecule has 0 fully saturated rings. The highest BCUT2D eigenvalue weighted by atomic mass is 16.6. The summed E-state index contributed by atoms with van der Waals surface area (Å²) in [6.45, 7) is 7.49. The molecule has 0 heterocycles. The molecule has 0 radical (unpaired) electrons. The maximum absolute atomic E-state index is 13.5. The number of esters is 1. The van der Waals surface area contributed by atoms with Gasteiger partial charge in [0.15, 0.2) is 0 Å². The summed E-state index contributed by atoms with van der Waals surface area (Å²) in [5.74, 6) is -1.67. The summed E-state index contributed by atoms with van der Waals surface area (Å²) in [6.07, 6.45) is 1.82. The number of alkyl carbamates (subject to hydrolysis) is 1. The van der Waals surface area contributed by atoms with Crippen molar-refractivity contribution in [2.75, 3.05) is 13.2 Å². The van der Waals surface area contributed by atoms with Gasteiger partial charge in [-0.3, -0.25) is 9.59 Å². The Balaban J connectivity index is 1.31. The Labute approximate surface area is 322 Å². The summed E-state index contributed by atoms with van der Waals surface area (Å²) in [4.78, 5) is 52.5. The zero-order valence-electron chi connectivity index (χ0n) is 30.8. The number of nitrogens with one attached hydrogen (secondary N) is 3. The molecule has 0 unspecified atom stereocenters. The first kappa shape index (κ1) is 41.6. The van der Waals surface area contributed by atoms with Crippen LogP contribution >= 0.6 is 0 Å². The normalized spacial score (nSPS) is 12.8. The van der Waals surface area contributed by atoms with Crippen molar-refractivity contribution < 1.29 is 38.5 Å². The zero-order chi connectivity index (χ0) is 39.3. The molecule has 0 saturated heterocycles. The fourth-order valence-electron chi connectivity index (χ4n) is 5.65. The van der Waals surface area contributed by atoms with Crippen molar-refractivity contribution in [1.29, 1.82) is 0 Å². The molecular weight excluding hydrogens is 698 g/mol. The third-order valence-corrected chi connectivity index (χ3v) is 8.58. The third-order valence-electron chi connectivity index (χ3n) is 8.58. The van der Waals surface area contributed by atoms with Crippen molar-refractivity contribution in [3.8, 4) is 5.75 Å². The minimum Gasteiger partial charge on any atom is -0.489 e. The van der Waals surface area contributed by atoms with Crippen LogP contribution in [0.3, 0.4) is 0 Å². The molecule has 0 aliphatic carbocycles. The number of benzene rings is 4. The fraction of sp³-hybridized carbons (Fsp3) is 0.273. The maximum atomic E-state index is 13.5. The van der Waals surface area contributed by atoms with Crippen LogP contribution in [0.25, 0.3) is 0 Å². The highest BCUT2D eigenvalue weighted by Crippen LogP contribution is 2.20. The Hall–Kier alpha value is -6.20. The average Bonchev–Trinajstić information content (AvgIpc) is 3.21. The molecule has 4 rings (SSSR count). The van der Waals surface area contributed by atoms with Gasteiger partial charge in [0.1, 0.15) is 31.1 Å². The molecule has 4 atom stereocenters. The van der Waals surface area contributed by atoms with Gasteiger partial charge in [0.05, 0.1) is 25.1 Å². The maximum Gasteiger partial charge on any atom is 0.408 e. The predicted octanol–water partition coefficient (Wildman–Crippen LogP) is 6.14. The number of carbonyl (C=O) groups is 4. The molecule has 4 aromatic rings. The number of hydrogen-bond donors (Lipinski definition) is 4. The minimum atomic E-state index is -1.09. The van der Waals surface area contributed by atoms with Crippen LogP contribution in [-0.2, 0) is 43.5 Å². The second-order valence-corrected chi connectivity index (χ2v) is 12.9. The van der Waals surface area contributed by atoms with Gasteiger partial charge in [-0.05, 0) is 53.6 Å². The van der Waals surface area contributed by atoms with E-state index in [2.05, 4.69) is 29.1 Å². The van der Waals surface area contributed by atoms with E-state index < -0.39 is 48.0 Å². The molecular formula is C44H49N3O8. The highest BCUT2D eigenvalue weighted by Gasteiger charge is 2.28. The van der Waals surface area contributed by atoms with Crippen molar-refractivity contribution >= 4 is 23.9 Å². The molecule has 3 amide bonds. The van der Waals surface area contributed by atoms with E-state index in [9.17, 15) is 24.3 Å². The second kappa shape index (κ2) is 22.8. The number of allylic oxidation sites excluding steroid dienone is 1. The van der Waals surface area contributed by atoms with Gasteiger partial charge in [0, 0.05) is 6.42 Å². The molecule has 55 heavy (non-hydrogen) atoms. The molecule has 11 nitrogen and oxygen atoms in total. The molecule has 11 heteroatoms. The molecule has 0 aliphatic heterocycles. The third kappa shape index (κ3) is 14.6. The van der Waals surface area contributed by atoms with E-state index in [0.717, 1.165) is 16.7 Å². The van der Waals surface area contributed by atoms with Gasteiger partial charge in [-0.2, -0.15) is 0 Å². The largest absolute Gasteiger partial charge is 0.489 e. The minimum absolute atomic E-state index is 0.0191. The van der Waals surface area contributed by atoms with Gasteiger partial charge in [-0.1, -0.05) is 115 Å². The van der Waals surface area contributed by atoms with Crippen LogP contribution in [0.1, 0.15) is 47.6 Å². The van der Waals surface area contributed by atoms with Gasteiger partial charge in [0.25, 0.3) is 0 Å². The molecule has 0 aromatic heterocycles. The summed E-state index contributed by atoms with van der Waals surface area (Å²) in [7, 11) is 0. The summed E-state index contributed by atoms with van der Waals surface area (Å²) in [6, 6.07) is 33.6. The van der Waals surface area contributed by atoms with E-state index in [0.29, 0.717) is 24.3 Å². The van der Waals surface area contributed by atoms with Crippen molar-refractivity contribution in [3.05, 3.63) is 163 Å². The molecule has 288 valence electrons. The number of hydrogen-bond acceptors (Lipinski definition) is 8. The molecule has 0 saturated carbocycles. The van der Waals surface area contributed by atoms with Gasteiger partial charge in [-0.25, -0.2) is 9.59 Å². The first-order valence-electron chi connectivity index (χ1n) is 18.2. The van der Waals surface area contributed by atoms with Crippen molar-refractivity contribution in [2.45, 2.75) is 57.1 Å². The predicted molar refractivity (Wildman–Crippen MR) is 210 cm³/mol. The Morgan fingerprint density at radius 3 is 1.91 bits per heavy atom. The topological polar surface area (TPSA) is 152 Å².